The smallest absolute Gasteiger partial charge is 0.348 e. The molecular formula is C10H15ClN4O3. The molecule has 0 saturated carbocycles. The fourth-order valence-electron chi connectivity index (χ4n) is 1.36. The number of hydrogen-bond donors (Lipinski definition) is 2. The fourth-order valence-corrected chi connectivity index (χ4v) is 1.56. The van der Waals surface area contributed by atoms with Gasteiger partial charge in [-0.05, 0) is 11.8 Å². The lowest BCUT2D eigenvalue weighted by Crippen LogP contribution is -2.25. The Hall–Kier alpha value is -1.47. The Morgan fingerprint density at radius 3 is 2.78 bits per heavy atom. The van der Waals surface area contributed by atoms with Gasteiger partial charge in [0.15, 0.2) is 0 Å². The molecule has 0 atom stereocenters. The molecule has 1 aromatic heterocycles. The Balaban J connectivity index is 2.85. The highest BCUT2D eigenvalue weighted by molar-refractivity contribution is 6.31. The van der Waals surface area contributed by atoms with Gasteiger partial charge in [0.2, 0.25) is 11.0 Å². The van der Waals surface area contributed by atoms with Gasteiger partial charge < -0.3 is 10.4 Å². The summed E-state index contributed by atoms with van der Waals surface area (Å²) in [4.78, 5) is 17.6. The van der Waals surface area contributed by atoms with Crippen LogP contribution in [0.3, 0.4) is 0 Å². The van der Waals surface area contributed by atoms with Crippen molar-refractivity contribution in [1.82, 2.24) is 9.97 Å². The summed E-state index contributed by atoms with van der Waals surface area (Å²) >= 11 is 5.66. The maximum absolute atomic E-state index is 10.9. The summed E-state index contributed by atoms with van der Waals surface area (Å²) in [5.41, 5.74) is -0.543. The summed E-state index contributed by atoms with van der Waals surface area (Å²) in [6, 6.07) is 0. The number of hydrogen-bond acceptors (Lipinski definition) is 6. The van der Waals surface area contributed by atoms with Gasteiger partial charge in [0.05, 0.1) is 4.92 Å². The van der Waals surface area contributed by atoms with Crippen molar-refractivity contribution in [3.63, 3.8) is 0 Å². The molecule has 8 heteroatoms. The van der Waals surface area contributed by atoms with E-state index in [1.165, 1.54) is 0 Å². The van der Waals surface area contributed by atoms with E-state index >= 15 is 0 Å². The van der Waals surface area contributed by atoms with Gasteiger partial charge >= 0.3 is 5.69 Å². The van der Waals surface area contributed by atoms with Gasteiger partial charge in [0, 0.05) is 13.2 Å². The van der Waals surface area contributed by atoms with Crippen LogP contribution in [-0.4, -0.2) is 33.1 Å². The predicted octanol–water partition coefficient (Wildman–Crippen LogP) is 1.86. The molecule has 7 nitrogen and oxygen atoms in total. The number of nitrogens with zero attached hydrogens (tertiary/aromatic N) is 3. The summed E-state index contributed by atoms with van der Waals surface area (Å²) in [5.74, 6) is 0.0889. The number of rotatable bonds is 6. The van der Waals surface area contributed by atoms with Crippen LogP contribution in [0.25, 0.3) is 0 Å². The fraction of sp³-hybridized carbons (Fsp3) is 0.600. The van der Waals surface area contributed by atoms with E-state index in [2.05, 4.69) is 15.3 Å². The summed E-state index contributed by atoms with van der Waals surface area (Å²) in [7, 11) is 0. The van der Waals surface area contributed by atoms with Crippen LogP contribution in [0.2, 0.25) is 5.15 Å². The summed E-state index contributed by atoms with van der Waals surface area (Å²) < 4.78 is 0. The molecule has 1 aromatic rings. The monoisotopic (exact) mass is 274 g/mol. The molecule has 2 N–H and O–H groups in total. The van der Waals surface area contributed by atoms with E-state index in [-0.39, 0.29) is 28.7 Å². The normalized spacial score (nSPS) is 11.3. The maximum Gasteiger partial charge on any atom is 0.348 e. The molecule has 0 unspecified atom stereocenters. The highest BCUT2D eigenvalue weighted by Gasteiger charge is 2.24. The lowest BCUT2D eigenvalue weighted by molar-refractivity contribution is -0.384. The third-order valence-electron chi connectivity index (χ3n) is 2.48. The van der Waals surface area contributed by atoms with Gasteiger partial charge in [-0.3, -0.25) is 10.1 Å². The van der Waals surface area contributed by atoms with E-state index < -0.39 is 4.92 Å². The number of halogens is 1. The molecule has 0 saturated heterocycles. The Morgan fingerprint density at radius 2 is 2.22 bits per heavy atom. The van der Waals surface area contributed by atoms with Crippen LogP contribution >= 0.6 is 11.6 Å². The number of anilines is 1. The van der Waals surface area contributed by atoms with Gasteiger partial charge in [-0.25, -0.2) is 9.97 Å². The van der Waals surface area contributed by atoms with Crippen LogP contribution in [-0.2, 0) is 0 Å². The molecular weight excluding hydrogens is 260 g/mol. The molecule has 0 spiro atoms. The van der Waals surface area contributed by atoms with E-state index in [1.807, 2.05) is 13.8 Å². The van der Waals surface area contributed by atoms with E-state index in [0.717, 1.165) is 6.33 Å². The van der Waals surface area contributed by atoms with Crippen molar-refractivity contribution in [2.75, 3.05) is 18.5 Å². The molecule has 1 heterocycles. The van der Waals surface area contributed by atoms with E-state index in [0.29, 0.717) is 13.0 Å². The summed E-state index contributed by atoms with van der Waals surface area (Å²) in [6.07, 6.45) is 1.74. The standard InChI is InChI=1S/C10H15ClN4O3/c1-10(2,3-4-16)5-12-9-7(15(17)18)8(11)13-6-14-9/h6,16H,3-5H2,1-2H3,(H,12,13,14). The molecule has 0 aromatic carbocycles. The first kappa shape index (κ1) is 14.6. The zero-order chi connectivity index (χ0) is 13.8. The van der Waals surface area contributed by atoms with Crippen LogP contribution in [0.15, 0.2) is 6.33 Å². The van der Waals surface area contributed by atoms with Crippen molar-refractivity contribution in [3.05, 3.63) is 21.6 Å². The Kier molecular flexibility index (Phi) is 4.80. The number of aliphatic hydroxyl groups excluding tert-OH is 1. The highest BCUT2D eigenvalue weighted by atomic mass is 35.5. The molecule has 0 aliphatic carbocycles. The zero-order valence-electron chi connectivity index (χ0n) is 10.2. The molecule has 0 aliphatic rings. The summed E-state index contributed by atoms with van der Waals surface area (Å²) in [6.45, 7) is 4.36. The molecule has 0 aliphatic heterocycles. The number of nitro groups is 1. The second kappa shape index (κ2) is 5.92. The molecule has 100 valence electrons. The Morgan fingerprint density at radius 1 is 1.56 bits per heavy atom. The van der Waals surface area contributed by atoms with Crippen molar-refractivity contribution >= 4 is 23.1 Å². The van der Waals surface area contributed by atoms with Crippen LogP contribution in [0.4, 0.5) is 11.5 Å². The highest BCUT2D eigenvalue weighted by Crippen LogP contribution is 2.29. The van der Waals surface area contributed by atoms with E-state index in [9.17, 15) is 10.1 Å². The van der Waals surface area contributed by atoms with Crippen molar-refractivity contribution in [1.29, 1.82) is 0 Å². The van der Waals surface area contributed by atoms with E-state index in [4.69, 9.17) is 16.7 Å². The van der Waals surface area contributed by atoms with Crippen molar-refractivity contribution in [3.8, 4) is 0 Å². The maximum atomic E-state index is 10.9. The van der Waals surface area contributed by atoms with Crippen LogP contribution in [0.5, 0.6) is 0 Å². The third kappa shape index (κ3) is 3.78. The first-order valence-corrected chi connectivity index (χ1v) is 5.75. The SMILES string of the molecule is CC(C)(CCO)CNc1ncnc(Cl)c1[N+](=O)[O-]. The number of aromatic nitrogens is 2. The first-order chi connectivity index (χ1) is 8.37. The lowest BCUT2D eigenvalue weighted by atomic mass is 9.90. The number of aliphatic hydroxyl groups is 1. The lowest BCUT2D eigenvalue weighted by Gasteiger charge is -2.23. The van der Waals surface area contributed by atoms with E-state index in [1.54, 1.807) is 0 Å². The summed E-state index contributed by atoms with van der Waals surface area (Å²) in [5, 5.41) is 22.4. The van der Waals surface area contributed by atoms with Gasteiger partial charge in [-0.2, -0.15) is 0 Å². The first-order valence-electron chi connectivity index (χ1n) is 5.37. The molecule has 18 heavy (non-hydrogen) atoms. The van der Waals surface area contributed by atoms with Crippen LogP contribution in [0.1, 0.15) is 20.3 Å². The van der Waals surface area contributed by atoms with Gasteiger partial charge in [-0.15, -0.1) is 0 Å². The second-order valence-corrected chi connectivity index (χ2v) is 4.97. The predicted molar refractivity (Wildman–Crippen MR) is 67.7 cm³/mol. The van der Waals surface area contributed by atoms with Crippen molar-refractivity contribution < 1.29 is 10.0 Å². The van der Waals surface area contributed by atoms with Gasteiger partial charge in [-0.1, -0.05) is 25.4 Å². The molecule has 0 radical (unpaired) electrons. The molecule has 0 fully saturated rings. The topological polar surface area (TPSA) is 101 Å². The minimum absolute atomic E-state index is 0.0568. The zero-order valence-corrected chi connectivity index (χ0v) is 10.9. The van der Waals surface area contributed by atoms with Crippen molar-refractivity contribution in [2.45, 2.75) is 20.3 Å². The largest absolute Gasteiger partial charge is 0.396 e. The third-order valence-corrected chi connectivity index (χ3v) is 2.76. The van der Waals surface area contributed by atoms with Gasteiger partial charge in [0.25, 0.3) is 0 Å². The molecule has 0 amide bonds. The van der Waals surface area contributed by atoms with Crippen LogP contribution in [0, 0.1) is 15.5 Å². The Bertz CT molecular complexity index is 439. The quantitative estimate of drug-likeness (QED) is 0.466. The average Bonchev–Trinajstić information content (AvgIpc) is 2.26. The average molecular weight is 275 g/mol. The van der Waals surface area contributed by atoms with Crippen molar-refractivity contribution in [2.24, 2.45) is 5.41 Å². The molecule has 0 bridgehead atoms. The molecule has 1 rings (SSSR count). The second-order valence-electron chi connectivity index (χ2n) is 4.61. The van der Waals surface area contributed by atoms with Gasteiger partial charge in [0.1, 0.15) is 6.33 Å². The van der Waals surface area contributed by atoms with Crippen LogP contribution < -0.4 is 5.32 Å². The minimum atomic E-state index is -0.621. The Labute approximate surface area is 109 Å². The number of nitrogens with one attached hydrogen (secondary N) is 1. The minimum Gasteiger partial charge on any atom is -0.396 e.